The molecule has 20 heavy (non-hydrogen) atoms. The molecular formula is C11H18N2O5S2. The van der Waals surface area contributed by atoms with Gasteiger partial charge in [0.2, 0.25) is 10.0 Å². The maximum absolute atomic E-state index is 12.2. The summed E-state index contributed by atoms with van der Waals surface area (Å²) in [6.07, 6.45) is 1.05. The number of rotatable bonds is 6. The van der Waals surface area contributed by atoms with Gasteiger partial charge in [0.25, 0.3) is 0 Å². The van der Waals surface area contributed by atoms with Crippen LogP contribution in [0.2, 0.25) is 0 Å². The molecule has 2 N–H and O–H groups in total. The van der Waals surface area contributed by atoms with Crippen molar-refractivity contribution in [3.63, 3.8) is 0 Å². The third kappa shape index (κ3) is 4.09. The first-order valence-corrected chi connectivity index (χ1v) is 9.15. The van der Waals surface area contributed by atoms with E-state index in [1.807, 2.05) is 0 Å². The van der Waals surface area contributed by atoms with Gasteiger partial charge >= 0.3 is 0 Å². The highest BCUT2D eigenvalue weighted by Crippen LogP contribution is 2.25. The van der Waals surface area contributed by atoms with Gasteiger partial charge in [0.1, 0.15) is 15.6 Å². The first-order chi connectivity index (χ1) is 9.08. The highest BCUT2D eigenvalue weighted by atomic mass is 32.2. The molecule has 1 aromatic rings. The van der Waals surface area contributed by atoms with Crippen molar-refractivity contribution in [3.8, 4) is 5.75 Å². The van der Waals surface area contributed by atoms with Crippen LogP contribution in [0.1, 0.15) is 0 Å². The number of ether oxygens (including phenoxy) is 1. The van der Waals surface area contributed by atoms with E-state index in [-0.39, 0.29) is 22.9 Å². The molecule has 1 aromatic carbocycles. The Morgan fingerprint density at radius 1 is 1.25 bits per heavy atom. The van der Waals surface area contributed by atoms with Gasteiger partial charge < -0.3 is 10.5 Å². The van der Waals surface area contributed by atoms with Crippen LogP contribution in [0.15, 0.2) is 23.1 Å². The largest absolute Gasteiger partial charge is 0.495 e. The predicted octanol–water partition coefficient (Wildman–Crippen LogP) is -0.0575. The number of methoxy groups -OCH3 is 1. The summed E-state index contributed by atoms with van der Waals surface area (Å²) in [5.74, 6) is 0.136. The molecule has 7 nitrogen and oxygen atoms in total. The van der Waals surface area contributed by atoms with E-state index in [0.29, 0.717) is 5.75 Å². The van der Waals surface area contributed by atoms with Crippen LogP contribution in [-0.2, 0) is 19.9 Å². The molecule has 0 unspecified atom stereocenters. The van der Waals surface area contributed by atoms with Gasteiger partial charge in [0.05, 0.1) is 23.4 Å². The summed E-state index contributed by atoms with van der Waals surface area (Å²) < 4.78 is 52.6. The Kier molecular flexibility index (Phi) is 5.00. The molecular weight excluding hydrogens is 304 g/mol. The van der Waals surface area contributed by atoms with E-state index in [4.69, 9.17) is 10.5 Å². The molecule has 0 atom stereocenters. The van der Waals surface area contributed by atoms with Crippen molar-refractivity contribution in [2.75, 3.05) is 38.4 Å². The van der Waals surface area contributed by atoms with Gasteiger partial charge in [0.15, 0.2) is 0 Å². The zero-order valence-electron chi connectivity index (χ0n) is 11.5. The first kappa shape index (κ1) is 16.7. The topological polar surface area (TPSA) is 107 Å². The molecule has 0 aliphatic rings. The number of nitrogens with two attached hydrogens (primary N) is 1. The Balaban J connectivity index is 3.01. The molecule has 9 heteroatoms. The quantitative estimate of drug-likeness (QED) is 0.736. The van der Waals surface area contributed by atoms with Crippen molar-refractivity contribution in [1.29, 1.82) is 0 Å². The molecule has 0 spiro atoms. The lowest BCUT2D eigenvalue weighted by Gasteiger charge is -2.17. The predicted molar refractivity (Wildman–Crippen MR) is 76.9 cm³/mol. The van der Waals surface area contributed by atoms with E-state index in [0.717, 1.165) is 10.6 Å². The number of sulfone groups is 1. The average molecular weight is 322 g/mol. The first-order valence-electron chi connectivity index (χ1n) is 5.65. The van der Waals surface area contributed by atoms with E-state index in [1.165, 1.54) is 32.4 Å². The highest BCUT2D eigenvalue weighted by Gasteiger charge is 2.22. The van der Waals surface area contributed by atoms with Gasteiger partial charge in [-0.3, -0.25) is 0 Å². The maximum Gasteiger partial charge on any atom is 0.242 e. The van der Waals surface area contributed by atoms with Crippen LogP contribution in [-0.4, -0.2) is 53.9 Å². The molecule has 0 saturated heterocycles. The van der Waals surface area contributed by atoms with Crippen LogP contribution >= 0.6 is 0 Å². The number of sulfonamides is 1. The van der Waals surface area contributed by atoms with Crippen LogP contribution in [0.3, 0.4) is 0 Å². The summed E-state index contributed by atoms with van der Waals surface area (Å²) in [4.78, 5) is -0.00759. The monoisotopic (exact) mass is 322 g/mol. The van der Waals surface area contributed by atoms with Crippen molar-refractivity contribution in [2.45, 2.75) is 4.90 Å². The fourth-order valence-corrected chi connectivity index (χ4v) is 3.40. The second kappa shape index (κ2) is 5.98. The molecule has 0 bridgehead atoms. The van der Waals surface area contributed by atoms with Crippen LogP contribution in [0.25, 0.3) is 0 Å². The van der Waals surface area contributed by atoms with E-state index in [9.17, 15) is 16.8 Å². The van der Waals surface area contributed by atoms with E-state index in [1.54, 1.807) is 0 Å². The maximum atomic E-state index is 12.2. The minimum absolute atomic E-state index is 0.00759. The third-order valence-electron chi connectivity index (χ3n) is 2.69. The van der Waals surface area contributed by atoms with Gasteiger partial charge in [-0.05, 0) is 18.2 Å². The summed E-state index contributed by atoms with van der Waals surface area (Å²) in [5.41, 5.74) is 5.87. The Hall–Kier alpha value is -1.32. The molecule has 0 aromatic heterocycles. The molecule has 0 amide bonds. The fourth-order valence-electron chi connectivity index (χ4n) is 1.47. The minimum Gasteiger partial charge on any atom is -0.495 e. The number of hydrogen-bond donors (Lipinski definition) is 1. The number of benzene rings is 1. The molecule has 0 radical (unpaired) electrons. The van der Waals surface area contributed by atoms with Crippen LogP contribution in [0.4, 0.5) is 5.69 Å². The molecule has 0 saturated carbocycles. The summed E-state index contributed by atoms with van der Waals surface area (Å²) in [7, 11) is -4.26. The standard InChI is InChI=1S/C11H18N2O5S2/c1-13(6-7-19(3,14)15)20(16,17)9-4-5-11(18-2)10(12)8-9/h4-5,8H,6-7,12H2,1-3H3. The van der Waals surface area contributed by atoms with Crippen molar-refractivity contribution in [3.05, 3.63) is 18.2 Å². The van der Waals surface area contributed by atoms with E-state index >= 15 is 0 Å². The molecule has 1 rings (SSSR count). The average Bonchev–Trinajstić information content (AvgIpc) is 2.34. The number of hydrogen-bond acceptors (Lipinski definition) is 6. The third-order valence-corrected chi connectivity index (χ3v) is 5.46. The van der Waals surface area contributed by atoms with Gasteiger partial charge in [-0.15, -0.1) is 0 Å². The lowest BCUT2D eigenvalue weighted by molar-refractivity contribution is 0.416. The number of anilines is 1. The summed E-state index contributed by atoms with van der Waals surface area (Å²) in [6.45, 7) is -0.118. The SMILES string of the molecule is COc1ccc(S(=O)(=O)N(C)CCS(C)(=O)=O)cc1N. The minimum atomic E-state index is -3.78. The van der Waals surface area contributed by atoms with Crippen LogP contribution in [0.5, 0.6) is 5.75 Å². The lowest BCUT2D eigenvalue weighted by Crippen LogP contribution is -2.31. The molecule has 0 aliphatic carbocycles. The second-order valence-electron chi connectivity index (χ2n) is 4.36. The van der Waals surface area contributed by atoms with Crippen molar-refractivity contribution in [1.82, 2.24) is 4.31 Å². The van der Waals surface area contributed by atoms with Crippen LogP contribution < -0.4 is 10.5 Å². The molecule has 0 heterocycles. The van der Waals surface area contributed by atoms with Crippen LogP contribution in [0, 0.1) is 0 Å². The number of nitrogen functional groups attached to an aromatic ring is 1. The highest BCUT2D eigenvalue weighted by molar-refractivity contribution is 7.91. The van der Waals surface area contributed by atoms with E-state index < -0.39 is 19.9 Å². The number of nitrogens with zero attached hydrogens (tertiary/aromatic N) is 1. The summed E-state index contributed by atoms with van der Waals surface area (Å²) in [5, 5.41) is 0. The Morgan fingerprint density at radius 2 is 1.85 bits per heavy atom. The van der Waals surface area contributed by atoms with Gasteiger partial charge in [-0.1, -0.05) is 0 Å². The second-order valence-corrected chi connectivity index (χ2v) is 8.66. The Bertz CT molecular complexity index is 683. The summed E-state index contributed by atoms with van der Waals surface area (Å²) >= 11 is 0. The zero-order chi connectivity index (χ0) is 15.6. The van der Waals surface area contributed by atoms with Gasteiger partial charge in [0, 0.05) is 19.8 Å². The fraction of sp³-hybridized carbons (Fsp3) is 0.455. The summed E-state index contributed by atoms with van der Waals surface area (Å²) in [6, 6.07) is 4.10. The molecule has 0 fully saturated rings. The lowest BCUT2D eigenvalue weighted by atomic mass is 10.3. The van der Waals surface area contributed by atoms with Gasteiger partial charge in [-0.2, -0.15) is 4.31 Å². The Morgan fingerprint density at radius 3 is 2.30 bits per heavy atom. The van der Waals surface area contributed by atoms with Crippen molar-refractivity contribution < 1.29 is 21.6 Å². The normalized spacial score (nSPS) is 12.6. The molecule has 0 aliphatic heterocycles. The van der Waals surface area contributed by atoms with Crippen molar-refractivity contribution in [2.24, 2.45) is 0 Å². The smallest absolute Gasteiger partial charge is 0.242 e. The Labute approximate surface area is 119 Å². The van der Waals surface area contributed by atoms with Gasteiger partial charge in [-0.25, -0.2) is 16.8 Å². The van der Waals surface area contributed by atoms with E-state index in [2.05, 4.69) is 0 Å². The van der Waals surface area contributed by atoms with Crippen molar-refractivity contribution >= 4 is 25.5 Å². The zero-order valence-corrected chi connectivity index (χ0v) is 13.2. The molecule has 114 valence electrons.